The highest BCUT2D eigenvalue weighted by Gasteiger charge is 2.12. The molecular weight excluding hydrogens is 242 g/mol. The number of benzene rings is 1. The van der Waals surface area contributed by atoms with Gasteiger partial charge in [0.2, 0.25) is 5.91 Å². The molecule has 0 aliphatic heterocycles. The zero-order chi connectivity index (χ0) is 14.1. The summed E-state index contributed by atoms with van der Waals surface area (Å²) in [7, 11) is 1.61. The quantitative estimate of drug-likeness (QED) is 0.773. The fourth-order valence-corrected chi connectivity index (χ4v) is 1.96. The lowest BCUT2D eigenvalue weighted by molar-refractivity contribution is -0.132. The summed E-state index contributed by atoms with van der Waals surface area (Å²) >= 11 is 0. The van der Waals surface area contributed by atoms with Gasteiger partial charge in [-0.3, -0.25) is 4.79 Å². The van der Waals surface area contributed by atoms with Crippen LogP contribution in [0, 0.1) is 6.92 Å². The average molecular weight is 265 g/mol. The van der Waals surface area contributed by atoms with Gasteiger partial charge in [-0.2, -0.15) is 0 Å². The van der Waals surface area contributed by atoms with Crippen LogP contribution in [0.25, 0.3) is 0 Å². The minimum atomic E-state index is -0.0140. The highest BCUT2D eigenvalue weighted by Crippen LogP contribution is 2.08. The van der Waals surface area contributed by atoms with E-state index in [-0.39, 0.29) is 12.5 Å². The molecule has 1 aromatic rings. The molecule has 1 amide bonds. The third-order valence-electron chi connectivity index (χ3n) is 3.00. The molecule has 0 aliphatic carbocycles. The van der Waals surface area contributed by atoms with Crippen molar-refractivity contribution in [3.63, 3.8) is 0 Å². The van der Waals surface area contributed by atoms with Crippen LogP contribution >= 0.6 is 0 Å². The van der Waals surface area contributed by atoms with Gasteiger partial charge < -0.3 is 14.7 Å². The van der Waals surface area contributed by atoms with Gasteiger partial charge in [0.1, 0.15) is 0 Å². The normalized spacial score (nSPS) is 10.5. The molecule has 0 saturated heterocycles. The van der Waals surface area contributed by atoms with Crippen LogP contribution in [-0.2, 0) is 16.0 Å². The number of ether oxygens (including phenoxy) is 1. The molecule has 4 nitrogen and oxygen atoms in total. The van der Waals surface area contributed by atoms with E-state index in [4.69, 9.17) is 9.84 Å². The Morgan fingerprint density at radius 2 is 2.16 bits per heavy atom. The number of methoxy groups -OCH3 is 1. The van der Waals surface area contributed by atoms with E-state index in [2.05, 4.69) is 6.07 Å². The Labute approximate surface area is 115 Å². The summed E-state index contributed by atoms with van der Waals surface area (Å²) < 4.78 is 4.97. The van der Waals surface area contributed by atoms with Crippen LogP contribution in [0.2, 0.25) is 0 Å². The summed E-state index contributed by atoms with van der Waals surface area (Å²) in [6, 6.07) is 8.18. The highest BCUT2D eigenvalue weighted by atomic mass is 16.5. The Bertz CT molecular complexity index is 393. The second kappa shape index (κ2) is 8.67. The molecule has 0 heterocycles. The first-order valence-corrected chi connectivity index (χ1v) is 6.60. The molecular formula is C15H23NO3. The SMILES string of the molecule is COCCN(CCO)C(=O)CCc1cccc(C)c1. The summed E-state index contributed by atoms with van der Waals surface area (Å²) in [5.41, 5.74) is 2.38. The maximum atomic E-state index is 12.1. The summed E-state index contributed by atoms with van der Waals surface area (Å²) in [6.45, 7) is 3.43. The van der Waals surface area contributed by atoms with Crippen LogP contribution in [0.4, 0.5) is 0 Å². The lowest BCUT2D eigenvalue weighted by Gasteiger charge is -2.21. The first kappa shape index (κ1) is 15.7. The molecule has 0 saturated carbocycles. The van der Waals surface area contributed by atoms with Crippen molar-refractivity contribution in [2.75, 3.05) is 33.4 Å². The van der Waals surface area contributed by atoms with Gasteiger partial charge in [0, 0.05) is 26.6 Å². The number of aliphatic hydroxyl groups is 1. The van der Waals surface area contributed by atoms with E-state index in [0.29, 0.717) is 26.1 Å². The van der Waals surface area contributed by atoms with Crippen molar-refractivity contribution in [1.82, 2.24) is 4.90 Å². The molecule has 0 radical (unpaired) electrons. The topological polar surface area (TPSA) is 49.8 Å². The van der Waals surface area contributed by atoms with Crippen molar-refractivity contribution in [3.05, 3.63) is 35.4 Å². The number of nitrogens with zero attached hydrogens (tertiary/aromatic N) is 1. The van der Waals surface area contributed by atoms with Crippen LogP contribution in [0.1, 0.15) is 17.5 Å². The minimum Gasteiger partial charge on any atom is -0.395 e. The van der Waals surface area contributed by atoms with E-state index in [9.17, 15) is 4.79 Å². The molecule has 1 N–H and O–H groups in total. The standard InChI is InChI=1S/C15H23NO3/c1-13-4-3-5-14(12-13)6-7-15(18)16(8-10-17)9-11-19-2/h3-5,12,17H,6-11H2,1-2H3. The monoisotopic (exact) mass is 265 g/mol. The first-order valence-electron chi connectivity index (χ1n) is 6.60. The summed E-state index contributed by atoms with van der Waals surface area (Å²) in [5.74, 6) is 0.0626. The molecule has 0 atom stereocenters. The molecule has 1 aromatic carbocycles. The highest BCUT2D eigenvalue weighted by molar-refractivity contribution is 5.76. The zero-order valence-corrected chi connectivity index (χ0v) is 11.8. The number of hydrogen-bond acceptors (Lipinski definition) is 3. The van der Waals surface area contributed by atoms with E-state index in [1.54, 1.807) is 12.0 Å². The number of rotatable bonds is 8. The average Bonchev–Trinajstić information content (AvgIpc) is 2.41. The van der Waals surface area contributed by atoms with E-state index in [1.165, 1.54) is 11.1 Å². The van der Waals surface area contributed by atoms with E-state index < -0.39 is 0 Å². The molecule has 4 heteroatoms. The Hall–Kier alpha value is -1.39. The van der Waals surface area contributed by atoms with Crippen LogP contribution in [0.3, 0.4) is 0 Å². The maximum Gasteiger partial charge on any atom is 0.223 e. The number of aliphatic hydroxyl groups excluding tert-OH is 1. The number of amides is 1. The van der Waals surface area contributed by atoms with Crippen LogP contribution in [0.5, 0.6) is 0 Å². The van der Waals surface area contributed by atoms with Gasteiger partial charge in [-0.05, 0) is 18.9 Å². The number of carbonyl (C=O) groups excluding carboxylic acids is 1. The molecule has 0 spiro atoms. The zero-order valence-electron chi connectivity index (χ0n) is 11.8. The smallest absolute Gasteiger partial charge is 0.223 e. The van der Waals surface area contributed by atoms with Crippen LogP contribution in [-0.4, -0.2) is 49.3 Å². The Balaban J connectivity index is 2.47. The van der Waals surface area contributed by atoms with Crippen LogP contribution < -0.4 is 0 Å². The van der Waals surface area contributed by atoms with Crippen molar-refractivity contribution in [2.24, 2.45) is 0 Å². The van der Waals surface area contributed by atoms with E-state index in [1.807, 2.05) is 25.1 Å². The molecule has 106 valence electrons. The Morgan fingerprint density at radius 3 is 2.79 bits per heavy atom. The van der Waals surface area contributed by atoms with Gasteiger partial charge in [0.15, 0.2) is 0 Å². The molecule has 1 rings (SSSR count). The van der Waals surface area contributed by atoms with E-state index >= 15 is 0 Å². The van der Waals surface area contributed by atoms with E-state index in [0.717, 1.165) is 6.42 Å². The fourth-order valence-electron chi connectivity index (χ4n) is 1.96. The van der Waals surface area contributed by atoms with Gasteiger partial charge in [0.25, 0.3) is 0 Å². The number of hydrogen-bond donors (Lipinski definition) is 1. The van der Waals surface area contributed by atoms with Gasteiger partial charge in [-0.25, -0.2) is 0 Å². The second-order valence-electron chi connectivity index (χ2n) is 4.59. The third kappa shape index (κ3) is 5.85. The number of aryl methyl sites for hydroxylation is 2. The molecule has 0 aliphatic rings. The Morgan fingerprint density at radius 1 is 1.37 bits per heavy atom. The van der Waals surface area contributed by atoms with Crippen molar-refractivity contribution in [3.8, 4) is 0 Å². The lowest BCUT2D eigenvalue weighted by Crippen LogP contribution is -2.36. The fraction of sp³-hybridized carbons (Fsp3) is 0.533. The molecule has 0 bridgehead atoms. The molecule has 0 unspecified atom stereocenters. The van der Waals surface area contributed by atoms with Crippen molar-refractivity contribution < 1.29 is 14.6 Å². The van der Waals surface area contributed by atoms with Crippen LogP contribution in [0.15, 0.2) is 24.3 Å². The summed E-state index contributed by atoms with van der Waals surface area (Å²) in [4.78, 5) is 13.7. The third-order valence-corrected chi connectivity index (χ3v) is 3.00. The predicted octanol–water partition coefficient (Wildman–Crippen LogP) is 1.39. The lowest BCUT2D eigenvalue weighted by atomic mass is 10.1. The van der Waals surface area contributed by atoms with Crippen molar-refractivity contribution >= 4 is 5.91 Å². The van der Waals surface area contributed by atoms with Gasteiger partial charge >= 0.3 is 0 Å². The largest absolute Gasteiger partial charge is 0.395 e. The van der Waals surface area contributed by atoms with Crippen molar-refractivity contribution in [2.45, 2.75) is 19.8 Å². The van der Waals surface area contributed by atoms with Gasteiger partial charge in [0.05, 0.1) is 13.2 Å². The van der Waals surface area contributed by atoms with Gasteiger partial charge in [-0.15, -0.1) is 0 Å². The Kier molecular flexibility index (Phi) is 7.15. The molecule has 0 fully saturated rings. The van der Waals surface area contributed by atoms with Gasteiger partial charge in [-0.1, -0.05) is 29.8 Å². The first-order chi connectivity index (χ1) is 9.17. The second-order valence-corrected chi connectivity index (χ2v) is 4.59. The minimum absolute atomic E-state index is 0.0140. The summed E-state index contributed by atoms with van der Waals surface area (Å²) in [5, 5.41) is 8.97. The maximum absolute atomic E-state index is 12.1. The molecule has 19 heavy (non-hydrogen) atoms. The predicted molar refractivity (Wildman–Crippen MR) is 75.0 cm³/mol. The summed E-state index contributed by atoms with van der Waals surface area (Å²) in [6.07, 6.45) is 1.20. The van der Waals surface area contributed by atoms with Crippen molar-refractivity contribution in [1.29, 1.82) is 0 Å². The number of carbonyl (C=O) groups is 1. The molecule has 0 aromatic heterocycles.